The third kappa shape index (κ3) is 2.67. The number of hydrogen-bond donors (Lipinski definition) is 3. The Labute approximate surface area is 117 Å². The van der Waals surface area contributed by atoms with Crippen LogP contribution in [0.25, 0.3) is 0 Å². The lowest BCUT2D eigenvalue weighted by Gasteiger charge is -2.31. The maximum Gasteiger partial charge on any atom is 0.240 e. The third-order valence-electron chi connectivity index (χ3n) is 3.90. The number of nitrogens with two attached hydrogens (primary N) is 2. The van der Waals surface area contributed by atoms with Gasteiger partial charge >= 0.3 is 0 Å². The van der Waals surface area contributed by atoms with Crippen molar-refractivity contribution in [2.24, 2.45) is 16.9 Å². The van der Waals surface area contributed by atoms with Crippen LogP contribution in [0.15, 0.2) is 12.5 Å². The fraction of sp³-hybridized carbons (Fsp3) is 0.615. The third-order valence-corrected chi connectivity index (χ3v) is 3.90. The van der Waals surface area contributed by atoms with Crippen LogP contribution >= 0.6 is 0 Å². The van der Waals surface area contributed by atoms with Crippen molar-refractivity contribution in [1.29, 1.82) is 0 Å². The average Bonchev–Trinajstić information content (AvgIpc) is 2.95. The van der Waals surface area contributed by atoms with E-state index in [1.165, 1.54) is 11.2 Å². The Morgan fingerprint density at radius 3 is 2.85 bits per heavy atom. The van der Waals surface area contributed by atoms with Crippen LogP contribution < -0.4 is 11.5 Å². The number of nitrogens with zero attached hydrogens (tertiary/aromatic N) is 2. The van der Waals surface area contributed by atoms with Gasteiger partial charge in [0.1, 0.15) is 6.04 Å². The van der Waals surface area contributed by atoms with Gasteiger partial charge in [0.25, 0.3) is 0 Å². The lowest BCUT2D eigenvalue weighted by Crippen LogP contribution is -2.54. The van der Waals surface area contributed by atoms with E-state index < -0.39 is 18.0 Å². The molecule has 7 heteroatoms. The summed E-state index contributed by atoms with van der Waals surface area (Å²) in [4.78, 5) is 32.5. The number of aromatic amines is 1. The van der Waals surface area contributed by atoms with E-state index in [0.717, 1.165) is 12.1 Å². The summed E-state index contributed by atoms with van der Waals surface area (Å²) in [5.41, 5.74) is 11.8. The summed E-state index contributed by atoms with van der Waals surface area (Å²) < 4.78 is 0. The van der Waals surface area contributed by atoms with Crippen molar-refractivity contribution in [3.05, 3.63) is 18.2 Å². The number of primary amides is 1. The molecule has 0 spiro atoms. The van der Waals surface area contributed by atoms with Crippen LogP contribution in [0.2, 0.25) is 0 Å². The smallest absolute Gasteiger partial charge is 0.240 e. The number of rotatable bonds is 4. The molecule has 2 atom stereocenters. The largest absolute Gasteiger partial charge is 0.368 e. The molecule has 2 heterocycles. The lowest BCUT2D eigenvalue weighted by atomic mass is 9.84. The molecule has 0 bridgehead atoms. The molecule has 20 heavy (non-hydrogen) atoms. The maximum absolute atomic E-state index is 12.4. The van der Waals surface area contributed by atoms with Crippen LogP contribution in [0.5, 0.6) is 0 Å². The second kappa shape index (κ2) is 5.24. The fourth-order valence-corrected chi connectivity index (χ4v) is 2.80. The number of carbonyl (C=O) groups is 2. The van der Waals surface area contributed by atoms with E-state index in [9.17, 15) is 9.59 Å². The van der Waals surface area contributed by atoms with Gasteiger partial charge in [0.05, 0.1) is 18.1 Å². The summed E-state index contributed by atoms with van der Waals surface area (Å²) in [5, 5.41) is 0. The van der Waals surface area contributed by atoms with Gasteiger partial charge in [-0.1, -0.05) is 13.8 Å². The van der Waals surface area contributed by atoms with Crippen molar-refractivity contribution in [3.63, 3.8) is 0 Å². The zero-order valence-electron chi connectivity index (χ0n) is 11.8. The van der Waals surface area contributed by atoms with Gasteiger partial charge in [0.15, 0.2) is 0 Å². The lowest BCUT2D eigenvalue weighted by molar-refractivity contribution is -0.140. The molecule has 0 saturated carbocycles. The van der Waals surface area contributed by atoms with Crippen molar-refractivity contribution in [1.82, 2.24) is 14.9 Å². The van der Waals surface area contributed by atoms with E-state index in [2.05, 4.69) is 9.97 Å². The molecular weight excluding hydrogens is 258 g/mol. The first-order valence-corrected chi connectivity index (χ1v) is 6.66. The molecule has 0 aliphatic carbocycles. The number of H-pyrrole nitrogens is 1. The highest BCUT2D eigenvalue weighted by Gasteiger charge is 2.46. The van der Waals surface area contributed by atoms with Gasteiger partial charge in [0, 0.05) is 19.2 Å². The second-order valence-electron chi connectivity index (χ2n) is 5.95. The number of aromatic nitrogens is 2. The van der Waals surface area contributed by atoms with Crippen molar-refractivity contribution in [2.45, 2.75) is 38.8 Å². The number of carbonyl (C=O) groups excluding carboxylic acids is 2. The first kappa shape index (κ1) is 14.5. The summed E-state index contributed by atoms with van der Waals surface area (Å²) in [6.45, 7) is 4.39. The first-order valence-electron chi connectivity index (χ1n) is 6.66. The predicted molar refractivity (Wildman–Crippen MR) is 73.4 cm³/mol. The van der Waals surface area contributed by atoms with Crippen molar-refractivity contribution in [2.75, 3.05) is 6.54 Å². The Bertz CT molecular complexity index is 497. The van der Waals surface area contributed by atoms with Crippen LogP contribution in [0.3, 0.4) is 0 Å². The molecule has 1 aliphatic rings. The Balaban J connectivity index is 2.10. The van der Waals surface area contributed by atoms with Crippen molar-refractivity contribution < 1.29 is 9.59 Å². The summed E-state index contributed by atoms with van der Waals surface area (Å²) in [5.74, 6) is -0.727. The molecule has 1 aromatic heterocycles. The van der Waals surface area contributed by atoms with E-state index in [1.807, 2.05) is 13.8 Å². The molecule has 1 aromatic rings. The number of amides is 2. The van der Waals surface area contributed by atoms with Crippen LogP contribution in [-0.2, 0) is 16.0 Å². The molecule has 5 N–H and O–H groups in total. The number of imidazole rings is 1. The maximum atomic E-state index is 12.4. The molecule has 1 fully saturated rings. The van der Waals surface area contributed by atoms with Crippen molar-refractivity contribution >= 4 is 11.8 Å². The highest BCUT2D eigenvalue weighted by molar-refractivity contribution is 5.90. The standard InChI is InChI=1S/C13H21N5O2/c1-13(2)3-4-18(10(13)11(15)19)12(20)9(14)5-8-6-16-7-17-8/h6-7,9-10H,3-5,14H2,1-2H3,(H2,15,19)(H,16,17)/t9-,10+/m0/s1. The SMILES string of the molecule is CC1(C)CCN(C(=O)[C@@H](N)Cc2c[nH]cn2)[C@@H]1C(N)=O. The Morgan fingerprint density at radius 2 is 2.30 bits per heavy atom. The minimum Gasteiger partial charge on any atom is -0.368 e. The van der Waals surface area contributed by atoms with Gasteiger partial charge < -0.3 is 21.4 Å². The quantitative estimate of drug-likeness (QED) is 0.681. The van der Waals surface area contributed by atoms with Crippen LogP contribution in [0.1, 0.15) is 26.0 Å². The molecule has 1 aliphatic heterocycles. The molecule has 0 aromatic carbocycles. The molecule has 2 amide bonds. The summed E-state index contributed by atoms with van der Waals surface area (Å²) in [7, 11) is 0. The molecule has 0 radical (unpaired) electrons. The van der Waals surface area contributed by atoms with Gasteiger partial charge in [-0.15, -0.1) is 0 Å². The first-order chi connectivity index (χ1) is 9.33. The van der Waals surface area contributed by atoms with Gasteiger partial charge in [-0.2, -0.15) is 0 Å². The normalized spacial score (nSPS) is 22.8. The zero-order valence-corrected chi connectivity index (χ0v) is 11.8. The van der Waals surface area contributed by atoms with Crippen LogP contribution in [0.4, 0.5) is 0 Å². The van der Waals surface area contributed by atoms with E-state index in [4.69, 9.17) is 11.5 Å². The highest BCUT2D eigenvalue weighted by atomic mass is 16.2. The number of likely N-dealkylation sites (tertiary alicyclic amines) is 1. The van der Waals surface area contributed by atoms with Crippen LogP contribution in [0, 0.1) is 5.41 Å². The van der Waals surface area contributed by atoms with Crippen LogP contribution in [-0.4, -0.2) is 45.3 Å². The average molecular weight is 279 g/mol. The minimum absolute atomic E-state index is 0.248. The monoisotopic (exact) mass is 279 g/mol. The minimum atomic E-state index is -0.714. The van der Waals surface area contributed by atoms with E-state index in [1.54, 1.807) is 6.20 Å². The van der Waals surface area contributed by atoms with Gasteiger partial charge in [-0.3, -0.25) is 9.59 Å². The molecule has 0 unspecified atom stereocenters. The Kier molecular flexibility index (Phi) is 3.80. The molecule has 110 valence electrons. The second-order valence-corrected chi connectivity index (χ2v) is 5.95. The van der Waals surface area contributed by atoms with Gasteiger partial charge in [-0.05, 0) is 11.8 Å². The zero-order chi connectivity index (χ0) is 14.9. The van der Waals surface area contributed by atoms with Gasteiger partial charge in [0.2, 0.25) is 11.8 Å². The highest BCUT2D eigenvalue weighted by Crippen LogP contribution is 2.36. The van der Waals surface area contributed by atoms with E-state index in [-0.39, 0.29) is 11.3 Å². The number of hydrogen-bond acceptors (Lipinski definition) is 4. The molecule has 1 saturated heterocycles. The molecular formula is C13H21N5O2. The molecule has 7 nitrogen and oxygen atoms in total. The van der Waals surface area contributed by atoms with Gasteiger partial charge in [-0.25, -0.2) is 4.98 Å². The van der Waals surface area contributed by atoms with E-state index in [0.29, 0.717) is 13.0 Å². The Hall–Kier alpha value is -1.89. The number of nitrogens with one attached hydrogen (secondary N) is 1. The van der Waals surface area contributed by atoms with Crippen molar-refractivity contribution in [3.8, 4) is 0 Å². The summed E-state index contributed by atoms with van der Waals surface area (Å²) in [6, 6.07) is -1.31. The topological polar surface area (TPSA) is 118 Å². The van der Waals surface area contributed by atoms with E-state index >= 15 is 0 Å². The fourth-order valence-electron chi connectivity index (χ4n) is 2.80. The molecule has 2 rings (SSSR count). The predicted octanol–water partition coefficient (Wildman–Crippen LogP) is -0.608. The Morgan fingerprint density at radius 1 is 1.60 bits per heavy atom. The summed E-state index contributed by atoms with van der Waals surface area (Å²) in [6.07, 6.45) is 4.32. The summed E-state index contributed by atoms with van der Waals surface area (Å²) >= 11 is 0.